The maximum atomic E-state index is 13.4. The number of likely N-dealkylation sites (tertiary alicyclic amines) is 1. The number of amides is 4. The SMILES string of the molecule is COC1CN(C(=O)O)CC1NC(=O)c1sc2nccc3c2c1NC(=O)N3c1ccc(Oc2ccccc2)cc1. The van der Waals surface area contributed by atoms with E-state index < -0.39 is 30.2 Å². The van der Waals surface area contributed by atoms with Gasteiger partial charge >= 0.3 is 12.1 Å². The molecule has 4 amide bonds. The highest BCUT2D eigenvalue weighted by atomic mass is 32.1. The Morgan fingerprint density at radius 1 is 1.08 bits per heavy atom. The normalized spacial score (nSPS) is 18.2. The van der Waals surface area contributed by atoms with E-state index in [0.717, 1.165) is 11.3 Å². The number of para-hydroxylation sites is 1. The predicted molar refractivity (Wildman–Crippen MR) is 145 cm³/mol. The van der Waals surface area contributed by atoms with Gasteiger partial charge < -0.3 is 30.1 Å². The number of rotatable bonds is 6. The quantitative estimate of drug-likeness (QED) is 0.314. The van der Waals surface area contributed by atoms with E-state index in [0.29, 0.717) is 38.8 Å². The summed E-state index contributed by atoms with van der Waals surface area (Å²) in [6.07, 6.45) is 0.0378. The van der Waals surface area contributed by atoms with Crippen LogP contribution in [0.15, 0.2) is 66.9 Å². The molecule has 2 unspecified atom stereocenters. The molecule has 6 rings (SSSR count). The third-order valence-electron chi connectivity index (χ3n) is 6.68. The molecule has 198 valence electrons. The highest BCUT2D eigenvalue weighted by Crippen LogP contribution is 2.46. The number of hydrogen-bond donors (Lipinski definition) is 3. The average molecular weight is 546 g/mol. The lowest BCUT2D eigenvalue weighted by atomic mass is 10.1. The van der Waals surface area contributed by atoms with Gasteiger partial charge in [0, 0.05) is 19.9 Å². The molecule has 2 aromatic heterocycles. The zero-order valence-electron chi connectivity index (χ0n) is 20.7. The van der Waals surface area contributed by atoms with E-state index in [4.69, 9.17) is 9.47 Å². The number of anilines is 3. The molecule has 2 atom stereocenters. The molecule has 1 fully saturated rings. The zero-order chi connectivity index (χ0) is 27.1. The molecule has 1 saturated heterocycles. The summed E-state index contributed by atoms with van der Waals surface area (Å²) in [6, 6.07) is 17.3. The van der Waals surface area contributed by atoms with Crippen molar-refractivity contribution in [3.05, 3.63) is 71.7 Å². The van der Waals surface area contributed by atoms with Crippen LogP contribution in [0.25, 0.3) is 10.2 Å². The fraction of sp³-hybridized carbons (Fsp3) is 0.185. The summed E-state index contributed by atoms with van der Waals surface area (Å²) in [5.41, 5.74) is 1.59. The maximum Gasteiger partial charge on any atom is 0.407 e. The van der Waals surface area contributed by atoms with Crippen LogP contribution in [0.2, 0.25) is 0 Å². The number of carboxylic acid groups (broad SMARTS) is 1. The molecule has 0 saturated carbocycles. The fourth-order valence-electron chi connectivity index (χ4n) is 4.83. The molecular weight excluding hydrogens is 522 g/mol. The molecule has 0 bridgehead atoms. The van der Waals surface area contributed by atoms with E-state index >= 15 is 0 Å². The van der Waals surface area contributed by atoms with Gasteiger partial charge in [-0.2, -0.15) is 0 Å². The Morgan fingerprint density at radius 2 is 1.82 bits per heavy atom. The van der Waals surface area contributed by atoms with Crippen LogP contribution in [0.4, 0.5) is 26.7 Å². The molecule has 3 N–H and O–H groups in total. The number of pyridine rings is 1. The molecule has 0 spiro atoms. The average Bonchev–Trinajstić information content (AvgIpc) is 3.52. The second kappa shape index (κ2) is 9.89. The third-order valence-corrected chi connectivity index (χ3v) is 7.78. The lowest BCUT2D eigenvalue weighted by Gasteiger charge is -2.28. The van der Waals surface area contributed by atoms with Crippen LogP contribution < -0.4 is 20.3 Å². The van der Waals surface area contributed by atoms with Crippen molar-refractivity contribution < 1.29 is 29.0 Å². The minimum absolute atomic E-state index is 0.105. The van der Waals surface area contributed by atoms with Gasteiger partial charge in [-0.3, -0.25) is 9.69 Å². The smallest absolute Gasteiger partial charge is 0.407 e. The summed E-state index contributed by atoms with van der Waals surface area (Å²) < 4.78 is 11.3. The number of carbonyl (C=O) groups excluding carboxylic acids is 2. The number of aromatic nitrogens is 1. The Kier molecular flexibility index (Phi) is 6.25. The maximum absolute atomic E-state index is 13.4. The first kappa shape index (κ1) is 24.6. The first-order valence-corrected chi connectivity index (χ1v) is 12.9. The van der Waals surface area contributed by atoms with Gasteiger partial charge in [0.25, 0.3) is 5.91 Å². The number of urea groups is 1. The van der Waals surface area contributed by atoms with E-state index in [-0.39, 0.29) is 18.0 Å². The lowest BCUT2D eigenvalue weighted by molar-refractivity contribution is 0.0762. The van der Waals surface area contributed by atoms with Crippen molar-refractivity contribution in [3.8, 4) is 11.5 Å². The monoisotopic (exact) mass is 545 g/mol. The summed E-state index contributed by atoms with van der Waals surface area (Å²) in [5.74, 6) is 0.894. The van der Waals surface area contributed by atoms with Gasteiger partial charge in [0.1, 0.15) is 21.2 Å². The number of methoxy groups -OCH3 is 1. The van der Waals surface area contributed by atoms with Gasteiger partial charge in [0.15, 0.2) is 0 Å². The molecule has 0 radical (unpaired) electrons. The lowest BCUT2D eigenvalue weighted by Crippen LogP contribution is -2.44. The molecule has 12 heteroatoms. The van der Waals surface area contributed by atoms with Crippen LogP contribution in [0.3, 0.4) is 0 Å². The van der Waals surface area contributed by atoms with Crippen molar-refractivity contribution in [3.63, 3.8) is 0 Å². The Bertz CT molecular complexity index is 1580. The molecule has 2 aliphatic rings. The largest absolute Gasteiger partial charge is 0.465 e. The topological polar surface area (TPSA) is 133 Å². The summed E-state index contributed by atoms with van der Waals surface area (Å²) in [6.45, 7) is 0.260. The van der Waals surface area contributed by atoms with E-state index in [9.17, 15) is 19.5 Å². The van der Waals surface area contributed by atoms with Gasteiger partial charge in [0.2, 0.25) is 0 Å². The number of thiophene rings is 1. The predicted octanol–water partition coefficient (Wildman–Crippen LogP) is 4.88. The summed E-state index contributed by atoms with van der Waals surface area (Å²) >= 11 is 1.16. The van der Waals surface area contributed by atoms with Gasteiger partial charge in [-0.25, -0.2) is 14.6 Å². The van der Waals surface area contributed by atoms with Crippen LogP contribution in [-0.2, 0) is 4.74 Å². The highest BCUT2D eigenvalue weighted by molar-refractivity contribution is 7.21. The van der Waals surface area contributed by atoms with E-state index in [2.05, 4.69) is 15.6 Å². The minimum Gasteiger partial charge on any atom is -0.465 e. The number of carbonyl (C=O) groups is 3. The summed E-state index contributed by atoms with van der Waals surface area (Å²) in [4.78, 5) is 46.1. The van der Waals surface area contributed by atoms with Crippen molar-refractivity contribution >= 4 is 56.6 Å². The van der Waals surface area contributed by atoms with E-state index in [1.165, 1.54) is 16.9 Å². The van der Waals surface area contributed by atoms with Gasteiger partial charge in [-0.1, -0.05) is 18.2 Å². The molecule has 4 heterocycles. The van der Waals surface area contributed by atoms with Crippen LogP contribution in [0.5, 0.6) is 11.5 Å². The molecule has 11 nitrogen and oxygen atoms in total. The highest BCUT2D eigenvalue weighted by Gasteiger charge is 2.38. The van der Waals surface area contributed by atoms with Gasteiger partial charge in [-0.05, 0) is 42.5 Å². The zero-order valence-corrected chi connectivity index (χ0v) is 21.5. The third kappa shape index (κ3) is 4.49. The second-order valence-electron chi connectivity index (χ2n) is 9.03. The number of nitrogens with zero attached hydrogens (tertiary/aromatic N) is 3. The molecule has 39 heavy (non-hydrogen) atoms. The van der Waals surface area contributed by atoms with Crippen molar-refractivity contribution in [1.82, 2.24) is 15.2 Å². The van der Waals surface area contributed by atoms with Crippen molar-refractivity contribution in [2.45, 2.75) is 12.1 Å². The summed E-state index contributed by atoms with van der Waals surface area (Å²) in [7, 11) is 1.48. The van der Waals surface area contributed by atoms with E-state index in [1.54, 1.807) is 36.5 Å². The van der Waals surface area contributed by atoms with E-state index in [1.807, 2.05) is 30.3 Å². The number of benzene rings is 2. The number of nitrogens with one attached hydrogen (secondary N) is 2. The number of hydrogen-bond acceptors (Lipinski definition) is 7. The van der Waals surface area contributed by atoms with Crippen LogP contribution in [0, 0.1) is 0 Å². The molecule has 2 aliphatic heterocycles. The van der Waals surface area contributed by atoms with Crippen molar-refractivity contribution in [1.29, 1.82) is 0 Å². The van der Waals surface area contributed by atoms with Crippen LogP contribution >= 0.6 is 11.3 Å². The molecular formula is C27H23N5O6S. The first-order chi connectivity index (χ1) is 18.9. The van der Waals surface area contributed by atoms with Crippen molar-refractivity contribution in [2.24, 2.45) is 0 Å². The Morgan fingerprint density at radius 3 is 2.54 bits per heavy atom. The Balaban J connectivity index is 1.29. The Hall–Kier alpha value is -4.68. The van der Waals surface area contributed by atoms with Gasteiger partial charge in [-0.15, -0.1) is 11.3 Å². The minimum atomic E-state index is -1.08. The number of ether oxygens (including phenoxy) is 2. The van der Waals surface area contributed by atoms with Crippen LogP contribution in [-0.4, -0.2) is 65.4 Å². The Labute approximate surface area is 226 Å². The van der Waals surface area contributed by atoms with Crippen molar-refractivity contribution in [2.75, 3.05) is 30.4 Å². The van der Waals surface area contributed by atoms with Crippen LogP contribution in [0.1, 0.15) is 9.67 Å². The second-order valence-corrected chi connectivity index (χ2v) is 10.0. The standard InChI is InChI=1S/C27H23N5O6S/c1-37-20-14-31(27(35)36)13-18(20)29-24(33)23-22-21-19(11-12-28-25(21)39-23)32(26(34)30-22)15-7-9-17(10-8-15)38-16-5-3-2-4-6-16/h2-12,18,20H,13-14H2,1H3,(H,29,33)(H,30,34)(H,35,36). The van der Waals surface area contributed by atoms with Gasteiger partial charge in [0.05, 0.1) is 41.1 Å². The molecule has 2 aromatic carbocycles. The first-order valence-electron chi connectivity index (χ1n) is 12.1. The molecule has 4 aromatic rings. The summed E-state index contributed by atoms with van der Waals surface area (Å²) in [5, 5.41) is 15.7. The molecule has 0 aliphatic carbocycles. The fourth-order valence-corrected chi connectivity index (χ4v) is 5.85.